The van der Waals surface area contributed by atoms with Crippen molar-refractivity contribution in [3.8, 4) is 0 Å². The van der Waals surface area contributed by atoms with Crippen molar-refractivity contribution >= 4 is 11.8 Å². The third-order valence-electron chi connectivity index (χ3n) is 3.98. The number of rotatable bonds is 5. The first-order valence-electron chi connectivity index (χ1n) is 7.07. The quantitative estimate of drug-likeness (QED) is 0.860. The Morgan fingerprint density at radius 3 is 2.95 bits per heavy atom. The fraction of sp³-hybridized carbons (Fsp3) is 0.643. The number of likely N-dealkylation sites (tertiary alicyclic amines) is 1. The van der Waals surface area contributed by atoms with Gasteiger partial charge in [-0.1, -0.05) is 12.1 Å². The molecule has 0 aliphatic carbocycles. The molecule has 1 saturated heterocycles. The molecule has 1 aromatic rings. The van der Waals surface area contributed by atoms with E-state index in [-0.39, 0.29) is 18.4 Å². The van der Waals surface area contributed by atoms with Crippen molar-refractivity contribution in [2.24, 2.45) is 0 Å². The minimum Gasteiger partial charge on any atom is -0.382 e. The summed E-state index contributed by atoms with van der Waals surface area (Å²) in [4.78, 5) is 26.7. The van der Waals surface area contributed by atoms with Crippen molar-refractivity contribution in [2.45, 2.75) is 31.7 Å². The monoisotopic (exact) mass is 295 g/mol. The summed E-state index contributed by atoms with van der Waals surface area (Å²) in [6.45, 7) is 2.59. The number of likely N-dealkylation sites (N-methyl/N-ethyl adjacent to an activating group) is 1. The van der Waals surface area contributed by atoms with Gasteiger partial charge in [0, 0.05) is 20.7 Å². The Morgan fingerprint density at radius 1 is 1.57 bits per heavy atom. The number of methoxy groups -OCH3 is 1. The maximum Gasteiger partial charge on any atom is 0.260 e. The predicted octanol–water partition coefficient (Wildman–Crippen LogP) is 0.604. The average molecular weight is 295 g/mol. The van der Waals surface area contributed by atoms with Crippen LogP contribution in [0.3, 0.4) is 0 Å². The summed E-state index contributed by atoms with van der Waals surface area (Å²) >= 11 is 0. The van der Waals surface area contributed by atoms with Gasteiger partial charge in [-0.3, -0.25) is 9.59 Å². The lowest BCUT2D eigenvalue weighted by Gasteiger charge is -2.36. The second-order valence-corrected chi connectivity index (χ2v) is 5.13. The van der Waals surface area contributed by atoms with E-state index in [0.29, 0.717) is 30.6 Å². The molecular formula is C14H21N3O4. The van der Waals surface area contributed by atoms with Crippen LogP contribution in [-0.2, 0) is 16.0 Å². The first-order valence-corrected chi connectivity index (χ1v) is 7.07. The fourth-order valence-electron chi connectivity index (χ4n) is 2.93. The number of hydrogen-bond donors (Lipinski definition) is 1. The fourth-order valence-corrected chi connectivity index (χ4v) is 2.93. The van der Waals surface area contributed by atoms with Crippen molar-refractivity contribution < 1.29 is 18.8 Å². The maximum atomic E-state index is 12.8. The van der Waals surface area contributed by atoms with Gasteiger partial charge < -0.3 is 19.5 Å². The first-order chi connectivity index (χ1) is 10.1. The highest BCUT2D eigenvalue weighted by Gasteiger charge is 2.50. The Hall–Kier alpha value is -1.89. The second-order valence-electron chi connectivity index (χ2n) is 5.13. The molecule has 1 unspecified atom stereocenters. The van der Waals surface area contributed by atoms with Crippen LogP contribution in [0.1, 0.15) is 35.8 Å². The molecule has 0 radical (unpaired) electrons. The van der Waals surface area contributed by atoms with Crippen LogP contribution in [0.25, 0.3) is 0 Å². The van der Waals surface area contributed by atoms with E-state index in [2.05, 4.69) is 10.5 Å². The summed E-state index contributed by atoms with van der Waals surface area (Å²) in [6, 6.07) is 0. The van der Waals surface area contributed by atoms with Gasteiger partial charge in [-0.15, -0.1) is 0 Å². The maximum absolute atomic E-state index is 12.8. The highest BCUT2D eigenvalue weighted by molar-refractivity contribution is 6.00. The van der Waals surface area contributed by atoms with Gasteiger partial charge in [-0.2, -0.15) is 0 Å². The zero-order chi connectivity index (χ0) is 15.5. The Bertz CT molecular complexity index is 528. The molecule has 116 valence electrons. The Morgan fingerprint density at radius 2 is 2.33 bits per heavy atom. The summed E-state index contributed by atoms with van der Waals surface area (Å²) < 4.78 is 10.1. The van der Waals surface area contributed by atoms with Crippen molar-refractivity contribution in [1.82, 2.24) is 15.4 Å². The largest absolute Gasteiger partial charge is 0.382 e. The molecule has 21 heavy (non-hydrogen) atoms. The molecule has 7 heteroatoms. The van der Waals surface area contributed by atoms with Crippen LogP contribution < -0.4 is 5.32 Å². The summed E-state index contributed by atoms with van der Waals surface area (Å²) in [5.74, 6) is -0.434. The van der Waals surface area contributed by atoms with Crippen LogP contribution in [0.2, 0.25) is 0 Å². The standard InChI is InChI=1S/C14H21N3O4/c1-4-11-10(8-21-16-11)12(18)17-7-5-6-14(17,9-20-3)13(19)15-2/h8H,4-7,9H2,1-3H3,(H,15,19). The van der Waals surface area contributed by atoms with Gasteiger partial charge >= 0.3 is 0 Å². The third-order valence-corrected chi connectivity index (χ3v) is 3.98. The van der Waals surface area contributed by atoms with Gasteiger partial charge in [-0.05, 0) is 19.3 Å². The lowest BCUT2D eigenvalue weighted by atomic mass is 9.95. The number of nitrogens with zero attached hydrogens (tertiary/aromatic N) is 2. The highest BCUT2D eigenvalue weighted by atomic mass is 16.5. The topological polar surface area (TPSA) is 84.7 Å². The summed E-state index contributed by atoms with van der Waals surface area (Å²) in [7, 11) is 3.10. The zero-order valence-corrected chi connectivity index (χ0v) is 12.6. The van der Waals surface area contributed by atoms with Crippen molar-refractivity contribution in [3.05, 3.63) is 17.5 Å². The summed E-state index contributed by atoms with van der Waals surface area (Å²) in [6.07, 6.45) is 3.29. The number of aryl methyl sites for hydroxylation is 1. The molecular weight excluding hydrogens is 274 g/mol. The molecule has 2 rings (SSSR count). The normalized spacial score (nSPS) is 21.6. The number of carbonyl (C=O) groups excluding carboxylic acids is 2. The van der Waals surface area contributed by atoms with Gasteiger partial charge in [0.15, 0.2) is 0 Å². The number of ether oxygens (including phenoxy) is 1. The van der Waals surface area contributed by atoms with Gasteiger partial charge in [0.25, 0.3) is 5.91 Å². The number of aromatic nitrogens is 1. The Balaban J connectivity index is 2.36. The van der Waals surface area contributed by atoms with Crippen LogP contribution in [-0.4, -0.2) is 54.7 Å². The molecule has 0 bridgehead atoms. The van der Waals surface area contributed by atoms with E-state index in [1.165, 1.54) is 13.4 Å². The molecule has 1 fully saturated rings. The van der Waals surface area contributed by atoms with Crippen molar-refractivity contribution in [1.29, 1.82) is 0 Å². The minimum absolute atomic E-state index is 0.172. The molecule has 1 atom stereocenters. The molecule has 2 heterocycles. The number of nitrogens with one attached hydrogen (secondary N) is 1. The lowest BCUT2D eigenvalue weighted by molar-refractivity contribution is -0.133. The molecule has 0 saturated carbocycles. The molecule has 0 spiro atoms. The smallest absolute Gasteiger partial charge is 0.260 e. The van der Waals surface area contributed by atoms with E-state index >= 15 is 0 Å². The SMILES string of the molecule is CCc1nocc1C(=O)N1CCCC1(COC)C(=O)NC. The van der Waals surface area contributed by atoms with Crippen LogP contribution >= 0.6 is 0 Å². The van der Waals surface area contributed by atoms with E-state index in [1.54, 1.807) is 11.9 Å². The zero-order valence-electron chi connectivity index (χ0n) is 12.6. The van der Waals surface area contributed by atoms with E-state index in [0.717, 1.165) is 6.42 Å². The lowest BCUT2D eigenvalue weighted by Crippen LogP contribution is -2.59. The third kappa shape index (κ3) is 2.53. The van der Waals surface area contributed by atoms with E-state index in [4.69, 9.17) is 9.26 Å². The predicted molar refractivity (Wildman–Crippen MR) is 74.8 cm³/mol. The van der Waals surface area contributed by atoms with Gasteiger partial charge in [0.1, 0.15) is 17.4 Å². The summed E-state index contributed by atoms with van der Waals surface area (Å²) in [5, 5.41) is 6.47. The molecule has 7 nitrogen and oxygen atoms in total. The molecule has 1 aromatic heterocycles. The number of amides is 2. The van der Waals surface area contributed by atoms with Gasteiger partial charge in [-0.25, -0.2) is 0 Å². The second kappa shape index (κ2) is 6.26. The molecule has 2 amide bonds. The van der Waals surface area contributed by atoms with E-state index in [1.807, 2.05) is 6.92 Å². The van der Waals surface area contributed by atoms with E-state index in [9.17, 15) is 9.59 Å². The minimum atomic E-state index is -0.955. The first kappa shape index (κ1) is 15.5. The van der Waals surface area contributed by atoms with Crippen LogP contribution in [0.5, 0.6) is 0 Å². The van der Waals surface area contributed by atoms with E-state index < -0.39 is 5.54 Å². The Kier molecular flexibility index (Phi) is 4.62. The highest BCUT2D eigenvalue weighted by Crippen LogP contribution is 2.32. The van der Waals surface area contributed by atoms with Crippen LogP contribution in [0, 0.1) is 0 Å². The average Bonchev–Trinajstić information content (AvgIpc) is 3.13. The number of carbonyl (C=O) groups is 2. The van der Waals surface area contributed by atoms with Crippen LogP contribution in [0.15, 0.2) is 10.8 Å². The number of hydrogen-bond acceptors (Lipinski definition) is 5. The van der Waals surface area contributed by atoms with Crippen molar-refractivity contribution in [2.75, 3.05) is 27.3 Å². The van der Waals surface area contributed by atoms with Gasteiger partial charge in [0.05, 0.1) is 12.3 Å². The van der Waals surface area contributed by atoms with Crippen LogP contribution in [0.4, 0.5) is 0 Å². The van der Waals surface area contributed by atoms with Crippen molar-refractivity contribution in [3.63, 3.8) is 0 Å². The molecule has 0 aromatic carbocycles. The molecule has 1 aliphatic rings. The summed E-state index contributed by atoms with van der Waals surface area (Å²) in [5.41, 5.74) is 0.0713. The molecule has 1 aliphatic heterocycles. The van der Waals surface area contributed by atoms with Gasteiger partial charge in [0.2, 0.25) is 5.91 Å². The Labute approximate surface area is 123 Å². The molecule has 1 N–H and O–H groups in total.